The number of benzene rings is 1. The lowest BCUT2D eigenvalue weighted by molar-refractivity contribution is 0.0983. The summed E-state index contributed by atoms with van der Waals surface area (Å²) in [5.74, 6) is 0.0381. The number of nitrogens with one attached hydrogen (secondary N) is 1. The van der Waals surface area contributed by atoms with Crippen LogP contribution in [0.2, 0.25) is 0 Å². The van der Waals surface area contributed by atoms with Gasteiger partial charge in [0, 0.05) is 24.3 Å². The van der Waals surface area contributed by atoms with Crippen LogP contribution in [0.3, 0.4) is 0 Å². The van der Waals surface area contributed by atoms with Gasteiger partial charge in [-0.1, -0.05) is 18.2 Å². The molecule has 108 valence electrons. The van der Waals surface area contributed by atoms with E-state index in [-0.39, 0.29) is 23.1 Å². The summed E-state index contributed by atoms with van der Waals surface area (Å²) in [6.45, 7) is 1.17. The Kier molecular flexibility index (Phi) is 3.53. The monoisotopic (exact) mass is 284 g/mol. The van der Waals surface area contributed by atoms with E-state index in [0.29, 0.717) is 13.1 Å². The number of amides is 1. The second kappa shape index (κ2) is 5.49. The minimum absolute atomic E-state index is 0.210. The van der Waals surface area contributed by atoms with E-state index in [1.807, 2.05) is 24.3 Å². The summed E-state index contributed by atoms with van der Waals surface area (Å²) in [5.41, 5.74) is 7.61. The highest BCUT2D eigenvalue weighted by molar-refractivity contribution is 6.06. The van der Waals surface area contributed by atoms with Crippen molar-refractivity contribution in [3.63, 3.8) is 0 Å². The molecular weight excluding hydrogens is 268 g/mol. The summed E-state index contributed by atoms with van der Waals surface area (Å²) in [7, 11) is 0. The fraction of sp³-hybridized carbons (Fsp3) is 0.267. The summed E-state index contributed by atoms with van der Waals surface area (Å²) in [4.78, 5) is 31.7. The molecule has 1 unspecified atom stereocenters. The maximum Gasteiger partial charge on any atom is 0.278 e. The maximum atomic E-state index is 12.6. The van der Waals surface area contributed by atoms with E-state index in [0.717, 1.165) is 23.9 Å². The van der Waals surface area contributed by atoms with E-state index in [1.165, 1.54) is 6.20 Å². The number of hydrogen-bond acceptors (Lipinski definition) is 4. The summed E-state index contributed by atoms with van der Waals surface area (Å²) < 4.78 is 0. The average molecular weight is 284 g/mol. The highest BCUT2D eigenvalue weighted by Crippen LogP contribution is 2.38. The molecule has 1 atom stereocenters. The number of hydrogen-bond donors (Lipinski definition) is 2. The van der Waals surface area contributed by atoms with Crippen molar-refractivity contribution >= 4 is 11.6 Å². The standard InChI is InChI=1S/C15H16N4O2/c16-6-5-10-9-19(13-4-2-1-3-11(10)13)15(21)12-7-18-14(20)8-17-12/h1-4,7-8,10H,5-6,9,16H2,(H,18,20). The first-order valence-electron chi connectivity index (χ1n) is 6.86. The average Bonchev–Trinajstić information content (AvgIpc) is 2.87. The number of aromatic nitrogens is 2. The molecule has 0 fully saturated rings. The smallest absolute Gasteiger partial charge is 0.278 e. The van der Waals surface area contributed by atoms with Crippen molar-refractivity contribution in [3.8, 4) is 0 Å². The van der Waals surface area contributed by atoms with Gasteiger partial charge in [-0.05, 0) is 24.6 Å². The third-order valence-corrected chi connectivity index (χ3v) is 3.72. The molecule has 1 aromatic heterocycles. The zero-order valence-corrected chi connectivity index (χ0v) is 11.5. The molecule has 1 amide bonds. The molecular formula is C15H16N4O2. The molecule has 0 spiro atoms. The van der Waals surface area contributed by atoms with Gasteiger partial charge in [-0.15, -0.1) is 0 Å². The van der Waals surface area contributed by atoms with E-state index < -0.39 is 0 Å². The fourth-order valence-electron chi connectivity index (χ4n) is 2.73. The Morgan fingerprint density at radius 2 is 2.24 bits per heavy atom. The van der Waals surface area contributed by atoms with Crippen molar-refractivity contribution in [2.75, 3.05) is 18.0 Å². The van der Waals surface area contributed by atoms with Gasteiger partial charge in [-0.2, -0.15) is 0 Å². The van der Waals surface area contributed by atoms with Gasteiger partial charge < -0.3 is 15.6 Å². The molecule has 0 saturated carbocycles. The largest absolute Gasteiger partial charge is 0.330 e. The highest BCUT2D eigenvalue weighted by atomic mass is 16.2. The number of rotatable bonds is 3. The molecule has 3 N–H and O–H groups in total. The summed E-state index contributed by atoms with van der Waals surface area (Å²) >= 11 is 0. The van der Waals surface area contributed by atoms with Crippen molar-refractivity contribution in [1.82, 2.24) is 9.97 Å². The second-order valence-corrected chi connectivity index (χ2v) is 5.05. The molecule has 0 saturated heterocycles. The van der Waals surface area contributed by atoms with Crippen LogP contribution in [0.5, 0.6) is 0 Å². The Labute approximate surface area is 121 Å². The summed E-state index contributed by atoms with van der Waals surface area (Å²) in [5, 5.41) is 0. The summed E-state index contributed by atoms with van der Waals surface area (Å²) in [6, 6.07) is 7.83. The Morgan fingerprint density at radius 1 is 1.43 bits per heavy atom. The van der Waals surface area contributed by atoms with Crippen LogP contribution >= 0.6 is 0 Å². The Balaban J connectivity index is 1.94. The first kappa shape index (κ1) is 13.5. The molecule has 0 aliphatic carbocycles. The Bertz CT molecular complexity index is 705. The predicted molar refractivity (Wildman–Crippen MR) is 79.4 cm³/mol. The van der Waals surface area contributed by atoms with E-state index >= 15 is 0 Å². The van der Waals surface area contributed by atoms with E-state index in [9.17, 15) is 9.59 Å². The number of anilines is 1. The Morgan fingerprint density at radius 3 is 2.95 bits per heavy atom. The lowest BCUT2D eigenvalue weighted by atomic mass is 9.98. The zero-order chi connectivity index (χ0) is 14.8. The number of nitrogens with two attached hydrogens (primary N) is 1. The van der Waals surface area contributed by atoms with Gasteiger partial charge in [0.1, 0.15) is 5.69 Å². The zero-order valence-electron chi connectivity index (χ0n) is 11.5. The first-order valence-corrected chi connectivity index (χ1v) is 6.86. The lowest BCUT2D eigenvalue weighted by Gasteiger charge is -2.17. The third kappa shape index (κ3) is 2.45. The van der Waals surface area contributed by atoms with E-state index in [4.69, 9.17) is 5.73 Å². The van der Waals surface area contributed by atoms with Crippen molar-refractivity contribution in [3.05, 3.63) is 58.3 Å². The van der Waals surface area contributed by atoms with Crippen LogP contribution in [0, 0.1) is 0 Å². The van der Waals surface area contributed by atoms with Gasteiger partial charge in [-0.25, -0.2) is 4.98 Å². The van der Waals surface area contributed by atoms with E-state index in [1.54, 1.807) is 4.90 Å². The SMILES string of the molecule is NCCC1CN(C(=O)c2c[nH]c(=O)cn2)c2ccccc21. The van der Waals surface area contributed by atoms with Crippen LogP contribution in [0.1, 0.15) is 28.4 Å². The maximum absolute atomic E-state index is 12.6. The molecule has 1 aromatic carbocycles. The van der Waals surface area contributed by atoms with Crippen LogP contribution in [0.25, 0.3) is 0 Å². The Hall–Kier alpha value is -2.47. The quantitative estimate of drug-likeness (QED) is 0.874. The van der Waals surface area contributed by atoms with Gasteiger partial charge in [0.15, 0.2) is 0 Å². The van der Waals surface area contributed by atoms with Crippen molar-refractivity contribution in [1.29, 1.82) is 0 Å². The van der Waals surface area contributed by atoms with Gasteiger partial charge in [0.2, 0.25) is 0 Å². The van der Waals surface area contributed by atoms with Gasteiger partial charge >= 0.3 is 0 Å². The minimum atomic E-state index is -0.325. The van der Waals surface area contributed by atoms with Crippen LogP contribution in [-0.2, 0) is 0 Å². The number of nitrogens with zero attached hydrogens (tertiary/aromatic N) is 2. The fourth-order valence-corrected chi connectivity index (χ4v) is 2.73. The number of carbonyl (C=O) groups is 1. The topological polar surface area (TPSA) is 92.1 Å². The molecule has 0 radical (unpaired) electrons. The number of aromatic amines is 1. The number of para-hydroxylation sites is 1. The molecule has 0 bridgehead atoms. The van der Waals surface area contributed by atoms with Gasteiger partial charge in [0.25, 0.3) is 11.5 Å². The first-order chi connectivity index (χ1) is 10.2. The molecule has 2 aromatic rings. The van der Waals surface area contributed by atoms with Crippen molar-refractivity contribution in [2.45, 2.75) is 12.3 Å². The highest BCUT2D eigenvalue weighted by Gasteiger charge is 2.32. The van der Waals surface area contributed by atoms with Crippen LogP contribution in [0.4, 0.5) is 5.69 Å². The number of fused-ring (bicyclic) bond motifs is 1. The molecule has 6 heteroatoms. The van der Waals surface area contributed by atoms with Crippen molar-refractivity contribution < 1.29 is 4.79 Å². The molecule has 2 heterocycles. The van der Waals surface area contributed by atoms with Crippen LogP contribution in [0.15, 0.2) is 41.5 Å². The normalized spacial score (nSPS) is 16.8. The number of carbonyl (C=O) groups excluding carboxylic acids is 1. The third-order valence-electron chi connectivity index (χ3n) is 3.72. The minimum Gasteiger partial charge on any atom is -0.330 e. The molecule has 21 heavy (non-hydrogen) atoms. The summed E-state index contributed by atoms with van der Waals surface area (Å²) in [6.07, 6.45) is 3.30. The van der Waals surface area contributed by atoms with Gasteiger partial charge in [0.05, 0.1) is 6.20 Å². The van der Waals surface area contributed by atoms with Crippen LogP contribution < -0.4 is 16.2 Å². The number of H-pyrrole nitrogens is 1. The lowest BCUT2D eigenvalue weighted by Crippen LogP contribution is -2.31. The van der Waals surface area contributed by atoms with Crippen molar-refractivity contribution in [2.24, 2.45) is 5.73 Å². The van der Waals surface area contributed by atoms with Crippen LogP contribution in [-0.4, -0.2) is 29.0 Å². The molecule has 1 aliphatic heterocycles. The van der Waals surface area contributed by atoms with Gasteiger partial charge in [-0.3, -0.25) is 9.59 Å². The second-order valence-electron chi connectivity index (χ2n) is 5.05. The molecule has 1 aliphatic rings. The molecule has 3 rings (SSSR count). The molecule has 6 nitrogen and oxygen atoms in total. The van der Waals surface area contributed by atoms with E-state index in [2.05, 4.69) is 9.97 Å². The predicted octanol–water partition coefficient (Wildman–Crippen LogP) is 0.863.